The van der Waals surface area contributed by atoms with Crippen molar-refractivity contribution in [1.29, 1.82) is 0 Å². The van der Waals surface area contributed by atoms with E-state index in [0.29, 0.717) is 48.6 Å². The predicted molar refractivity (Wildman–Crippen MR) is 120 cm³/mol. The van der Waals surface area contributed by atoms with E-state index in [2.05, 4.69) is 20.8 Å². The summed E-state index contributed by atoms with van der Waals surface area (Å²) < 4.78 is 35.7. The second-order valence-electron chi connectivity index (χ2n) is 8.27. The molecule has 0 unspecified atom stereocenters. The highest BCUT2D eigenvalue weighted by Gasteiger charge is 2.51. The number of ether oxygens (including phenoxy) is 6. The molecular weight excluding hydrogens is 458 g/mol. The Hall–Kier alpha value is -3.90. The highest BCUT2D eigenvalue weighted by Crippen LogP contribution is 2.38. The molecule has 12 heteroatoms. The number of amides is 1. The molecule has 2 fully saturated rings. The van der Waals surface area contributed by atoms with E-state index >= 15 is 0 Å². The standard InChI is InChI=1S/C23H23N5O7/c1-30-15-5-3-14(4-6-15)24-23(29)35-19-12-34-20-16(11-33-21(19)20)28-22(25-26-27-28)13-2-7-17-18(10-13)32-9-8-31-17/h2-7,10,16,19-21H,8-9,11-12H2,1H3,(H,24,29)/t16-,19-,20-,21+/m0/s1. The maximum atomic E-state index is 12.4. The van der Waals surface area contributed by atoms with Gasteiger partial charge in [0.1, 0.15) is 37.2 Å². The number of benzene rings is 2. The minimum absolute atomic E-state index is 0.212. The molecule has 6 rings (SSSR count). The topological polar surface area (TPSA) is 128 Å². The summed E-state index contributed by atoms with van der Waals surface area (Å²) in [4.78, 5) is 12.4. The second kappa shape index (κ2) is 9.04. The average molecular weight is 481 g/mol. The van der Waals surface area contributed by atoms with Crippen LogP contribution in [0.1, 0.15) is 6.04 Å². The van der Waals surface area contributed by atoms with Gasteiger partial charge in [-0.15, -0.1) is 5.10 Å². The molecule has 0 spiro atoms. The molecule has 3 aromatic rings. The van der Waals surface area contributed by atoms with Crippen molar-refractivity contribution in [1.82, 2.24) is 20.2 Å². The molecular formula is C23H23N5O7. The van der Waals surface area contributed by atoms with Crippen LogP contribution >= 0.6 is 0 Å². The quantitative estimate of drug-likeness (QED) is 0.578. The number of anilines is 1. The first-order chi connectivity index (χ1) is 17.2. The van der Waals surface area contributed by atoms with Gasteiger partial charge in [-0.3, -0.25) is 5.32 Å². The van der Waals surface area contributed by atoms with Crippen molar-refractivity contribution in [3.05, 3.63) is 42.5 Å². The largest absolute Gasteiger partial charge is 0.497 e. The zero-order chi connectivity index (χ0) is 23.8. The van der Waals surface area contributed by atoms with Gasteiger partial charge in [0.15, 0.2) is 23.4 Å². The molecule has 3 aliphatic rings. The summed E-state index contributed by atoms with van der Waals surface area (Å²) in [6, 6.07) is 12.3. The number of carbonyl (C=O) groups is 1. The van der Waals surface area contributed by atoms with Crippen LogP contribution in [0.15, 0.2) is 42.5 Å². The van der Waals surface area contributed by atoms with E-state index < -0.39 is 18.3 Å². The molecule has 2 aromatic carbocycles. The van der Waals surface area contributed by atoms with Gasteiger partial charge in [-0.2, -0.15) is 0 Å². The Balaban J connectivity index is 1.13. The Morgan fingerprint density at radius 1 is 1.03 bits per heavy atom. The van der Waals surface area contributed by atoms with Crippen LogP contribution in [0.4, 0.5) is 10.5 Å². The lowest BCUT2D eigenvalue weighted by atomic mass is 10.1. The van der Waals surface area contributed by atoms with Gasteiger partial charge in [-0.1, -0.05) is 0 Å². The number of nitrogens with one attached hydrogen (secondary N) is 1. The third kappa shape index (κ3) is 4.10. The van der Waals surface area contributed by atoms with E-state index in [-0.39, 0.29) is 18.8 Å². The molecule has 0 radical (unpaired) electrons. The normalized spacial score (nSPS) is 24.6. The molecule has 0 aliphatic carbocycles. The van der Waals surface area contributed by atoms with Gasteiger partial charge in [-0.25, -0.2) is 9.48 Å². The van der Waals surface area contributed by atoms with Crippen LogP contribution in [-0.2, 0) is 14.2 Å². The van der Waals surface area contributed by atoms with Crippen molar-refractivity contribution in [3.8, 4) is 28.6 Å². The summed E-state index contributed by atoms with van der Waals surface area (Å²) in [5.41, 5.74) is 1.38. The van der Waals surface area contributed by atoms with Crippen molar-refractivity contribution >= 4 is 11.8 Å². The Morgan fingerprint density at radius 3 is 2.66 bits per heavy atom. The SMILES string of the molecule is COc1ccc(NC(=O)O[C@H]2CO[C@@H]3[C@@H]2OC[C@@H]3n2nnnc2-c2ccc3c(c2)OCCO3)cc1. The number of methoxy groups -OCH3 is 1. The summed E-state index contributed by atoms with van der Waals surface area (Å²) in [5.74, 6) is 2.59. The number of hydrogen-bond donors (Lipinski definition) is 1. The molecule has 1 aromatic heterocycles. The smallest absolute Gasteiger partial charge is 0.412 e. The van der Waals surface area contributed by atoms with Gasteiger partial charge in [0.05, 0.1) is 20.3 Å². The Labute approximate surface area is 200 Å². The average Bonchev–Trinajstić information content (AvgIpc) is 3.62. The number of nitrogens with zero attached hydrogens (tertiary/aromatic N) is 4. The molecule has 12 nitrogen and oxygen atoms in total. The van der Waals surface area contributed by atoms with E-state index in [0.717, 1.165) is 5.56 Å². The molecule has 1 N–H and O–H groups in total. The van der Waals surface area contributed by atoms with Crippen LogP contribution in [0.3, 0.4) is 0 Å². The van der Waals surface area contributed by atoms with Crippen molar-refractivity contribution in [3.63, 3.8) is 0 Å². The van der Waals surface area contributed by atoms with Crippen LogP contribution in [0.2, 0.25) is 0 Å². The maximum Gasteiger partial charge on any atom is 0.412 e. The molecule has 3 aliphatic heterocycles. The number of carbonyl (C=O) groups excluding carboxylic acids is 1. The summed E-state index contributed by atoms with van der Waals surface area (Å²) in [5, 5.41) is 15.0. The lowest BCUT2D eigenvalue weighted by Gasteiger charge is -2.20. The summed E-state index contributed by atoms with van der Waals surface area (Å²) in [6.45, 7) is 1.54. The van der Waals surface area contributed by atoms with Gasteiger partial charge in [0, 0.05) is 11.3 Å². The fourth-order valence-corrected chi connectivity index (χ4v) is 4.50. The van der Waals surface area contributed by atoms with E-state index in [1.54, 1.807) is 36.1 Å². The third-order valence-corrected chi connectivity index (χ3v) is 6.18. The number of fused-ring (bicyclic) bond motifs is 2. The summed E-state index contributed by atoms with van der Waals surface area (Å²) >= 11 is 0. The molecule has 35 heavy (non-hydrogen) atoms. The first-order valence-corrected chi connectivity index (χ1v) is 11.2. The van der Waals surface area contributed by atoms with Crippen molar-refractivity contribution in [2.75, 3.05) is 38.9 Å². The highest BCUT2D eigenvalue weighted by atomic mass is 16.6. The van der Waals surface area contributed by atoms with Gasteiger partial charge in [-0.05, 0) is 52.9 Å². The molecule has 4 atom stereocenters. The molecule has 4 heterocycles. The van der Waals surface area contributed by atoms with Crippen molar-refractivity contribution in [2.24, 2.45) is 0 Å². The third-order valence-electron chi connectivity index (χ3n) is 6.18. The molecule has 2 saturated heterocycles. The van der Waals surface area contributed by atoms with Crippen molar-refractivity contribution in [2.45, 2.75) is 24.4 Å². The number of rotatable bonds is 5. The lowest BCUT2D eigenvalue weighted by molar-refractivity contribution is 0.00774. The fraction of sp³-hybridized carbons (Fsp3) is 0.391. The summed E-state index contributed by atoms with van der Waals surface area (Å²) in [6.07, 6.45) is -1.94. The lowest BCUT2D eigenvalue weighted by Crippen LogP contribution is -2.35. The molecule has 0 saturated carbocycles. The fourth-order valence-electron chi connectivity index (χ4n) is 4.50. The van der Waals surface area contributed by atoms with E-state index in [1.165, 1.54) is 0 Å². The number of hydrogen-bond acceptors (Lipinski definition) is 10. The number of aromatic nitrogens is 4. The molecule has 182 valence electrons. The van der Waals surface area contributed by atoms with Crippen LogP contribution in [0.25, 0.3) is 11.4 Å². The number of tetrazole rings is 1. The monoisotopic (exact) mass is 481 g/mol. The first kappa shape index (κ1) is 21.6. The zero-order valence-electron chi connectivity index (χ0n) is 18.8. The predicted octanol–water partition coefficient (Wildman–Crippen LogP) is 2.08. The Morgan fingerprint density at radius 2 is 1.83 bits per heavy atom. The van der Waals surface area contributed by atoms with Gasteiger partial charge < -0.3 is 28.4 Å². The van der Waals surface area contributed by atoms with Crippen LogP contribution in [-0.4, -0.2) is 78.1 Å². The van der Waals surface area contributed by atoms with Gasteiger partial charge >= 0.3 is 6.09 Å². The highest BCUT2D eigenvalue weighted by molar-refractivity contribution is 5.84. The van der Waals surface area contributed by atoms with E-state index in [1.807, 2.05) is 18.2 Å². The minimum atomic E-state index is -0.587. The van der Waals surface area contributed by atoms with E-state index in [4.69, 9.17) is 28.4 Å². The van der Waals surface area contributed by atoms with Crippen molar-refractivity contribution < 1.29 is 33.2 Å². The minimum Gasteiger partial charge on any atom is -0.497 e. The first-order valence-electron chi connectivity index (χ1n) is 11.2. The molecule has 1 amide bonds. The Kier molecular flexibility index (Phi) is 5.58. The second-order valence-corrected chi connectivity index (χ2v) is 8.27. The van der Waals surface area contributed by atoms with Crippen LogP contribution in [0.5, 0.6) is 17.2 Å². The molecule has 0 bridgehead atoms. The maximum absolute atomic E-state index is 12.4. The Bertz CT molecular complexity index is 1220. The van der Waals surface area contributed by atoms with Gasteiger partial charge in [0.25, 0.3) is 0 Å². The van der Waals surface area contributed by atoms with Crippen LogP contribution < -0.4 is 19.5 Å². The zero-order valence-corrected chi connectivity index (χ0v) is 18.8. The summed E-state index contributed by atoms with van der Waals surface area (Å²) in [7, 11) is 1.58. The van der Waals surface area contributed by atoms with E-state index in [9.17, 15) is 4.79 Å². The van der Waals surface area contributed by atoms with Crippen LogP contribution in [0, 0.1) is 0 Å². The van der Waals surface area contributed by atoms with Gasteiger partial charge in [0.2, 0.25) is 0 Å².